The molecular weight excluding hydrogens is 256 g/mol. The smallest absolute Gasteiger partial charge is 0.173 e. The lowest BCUT2D eigenvalue weighted by Crippen LogP contribution is -2.33. The second-order valence-corrected chi connectivity index (χ2v) is 6.23. The minimum Gasteiger partial charge on any atom is -0.293 e. The molecule has 1 fully saturated rings. The Bertz CT molecular complexity index is 649. The zero-order chi connectivity index (χ0) is 14.9. The molecule has 1 saturated carbocycles. The first-order valence-corrected chi connectivity index (χ1v) is 7.82. The zero-order valence-corrected chi connectivity index (χ0v) is 12.9. The van der Waals surface area contributed by atoms with E-state index in [1.54, 1.807) is 0 Å². The van der Waals surface area contributed by atoms with E-state index >= 15 is 0 Å². The third kappa shape index (κ3) is 2.31. The van der Waals surface area contributed by atoms with Gasteiger partial charge in [-0.1, -0.05) is 61.4 Å². The fraction of sp³-hybridized carbons (Fsp3) is 0.350. The summed E-state index contributed by atoms with van der Waals surface area (Å²) in [6.07, 6.45) is 4.24. The van der Waals surface area contributed by atoms with Crippen LogP contribution in [0.2, 0.25) is 0 Å². The van der Waals surface area contributed by atoms with Crippen LogP contribution in [0.1, 0.15) is 52.7 Å². The average molecular weight is 278 g/mol. The van der Waals surface area contributed by atoms with Crippen LogP contribution in [0.4, 0.5) is 0 Å². The molecule has 3 rings (SSSR count). The SMILES string of the molecule is Cc1cccc(C(=O)C2(c3ccccc3)CCCC2)c1C. The second-order valence-electron chi connectivity index (χ2n) is 6.23. The molecule has 2 aromatic carbocycles. The number of benzene rings is 2. The quantitative estimate of drug-likeness (QED) is 0.722. The summed E-state index contributed by atoms with van der Waals surface area (Å²) in [5.41, 5.74) is 4.11. The van der Waals surface area contributed by atoms with Crippen molar-refractivity contribution in [2.45, 2.75) is 44.9 Å². The van der Waals surface area contributed by atoms with Crippen LogP contribution in [0.25, 0.3) is 0 Å². The van der Waals surface area contributed by atoms with Gasteiger partial charge in [-0.25, -0.2) is 0 Å². The van der Waals surface area contributed by atoms with Crippen LogP contribution in [0, 0.1) is 13.8 Å². The van der Waals surface area contributed by atoms with Crippen molar-refractivity contribution in [2.75, 3.05) is 0 Å². The van der Waals surface area contributed by atoms with Crippen molar-refractivity contribution in [1.82, 2.24) is 0 Å². The molecule has 2 aromatic rings. The van der Waals surface area contributed by atoms with Gasteiger partial charge in [0.1, 0.15) is 0 Å². The first-order chi connectivity index (χ1) is 10.1. The molecule has 1 nitrogen and oxygen atoms in total. The number of carbonyl (C=O) groups excluding carboxylic acids is 1. The standard InChI is InChI=1S/C20H22O/c1-15-9-8-12-18(16(15)2)19(21)20(13-6-7-14-20)17-10-4-3-5-11-17/h3-5,8-12H,6-7,13-14H2,1-2H3. The molecule has 0 N–H and O–H groups in total. The molecule has 0 radical (unpaired) electrons. The maximum atomic E-state index is 13.3. The Kier molecular flexibility index (Phi) is 3.67. The summed E-state index contributed by atoms with van der Waals surface area (Å²) < 4.78 is 0. The first-order valence-electron chi connectivity index (χ1n) is 7.82. The zero-order valence-electron chi connectivity index (χ0n) is 12.9. The van der Waals surface area contributed by atoms with Crippen LogP contribution in [-0.2, 0) is 5.41 Å². The minimum absolute atomic E-state index is 0.306. The molecule has 0 bridgehead atoms. The molecule has 0 heterocycles. The molecule has 0 amide bonds. The van der Waals surface area contributed by atoms with Crippen LogP contribution in [0.5, 0.6) is 0 Å². The van der Waals surface area contributed by atoms with E-state index < -0.39 is 0 Å². The lowest BCUT2D eigenvalue weighted by Gasteiger charge is -2.29. The Labute approximate surface area is 127 Å². The van der Waals surface area contributed by atoms with E-state index in [4.69, 9.17) is 0 Å². The molecule has 1 aliphatic rings. The lowest BCUT2D eigenvalue weighted by atomic mass is 9.72. The largest absolute Gasteiger partial charge is 0.293 e. The topological polar surface area (TPSA) is 17.1 Å². The van der Waals surface area contributed by atoms with Crippen LogP contribution in [0.3, 0.4) is 0 Å². The van der Waals surface area contributed by atoms with Gasteiger partial charge in [-0.3, -0.25) is 4.79 Å². The van der Waals surface area contributed by atoms with Crippen molar-refractivity contribution in [3.05, 3.63) is 70.8 Å². The lowest BCUT2D eigenvalue weighted by molar-refractivity contribution is 0.0885. The molecule has 0 spiro atoms. The molecule has 21 heavy (non-hydrogen) atoms. The summed E-state index contributed by atoms with van der Waals surface area (Å²) in [5.74, 6) is 0.312. The third-order valence-electron chi connectivity index (χ3n) is 5.07. The molecule has 1 heteroatoms. The van der Waals surface area contributed by atoms with E-state index in [0.29, 0.717) is 5.78 Å². The Morgan fingerprint density at radius 1 is 0.905 bits per heavy atom. The Balaban J connectivity index is 2.10. The van der Waals surface area contributed by atoms with E-state index in [2.05, 4.69) is 32.0 Å². The molecule has 0 aliphatic heterocycles. The molecule has 0 atom stereocenters. The van der Waals surface area contributed by atoms with E-state index in [9.17, 15) is 4.79 Å². The second kappa shape index (κ2) is 5.48. The Morgan fingerprint density at radius 2 is 1.57 bits per heavy atom. The van der Waals surface area contributed by atoms with Crippen molar-refractivity contribution >= 4 is 5.78 Å². The number of rotatable bonds is 3. The highest BCUT2D eigenvalue weighted by atomic mass is 16.1. The van der Waals surface area contributed by atoms with Gasteiger partial charge in [-0.2, -0.15) is 0 Å². The summed E-state index contributed by atoms with van der Waals surface area (Å²) in [5, 5.41) is 0. The molecule has 0 saturated heterocycles. The van der Waals surface area contributed by atoms with Gasteiger partial charge in [0.05, 0.1) is 5.41 Å². The van der Waals surface area contributed by atoms with Gasteiger partial charge in [-0.15, -0.1) is 0 Å². The molecular formula is C20H22O. The summed E-state index contributed by atoms with van der Waals surface area (Å²) >= 11 is 0. The first kappa shape index (κ1) is 14.1. The predicted octanol–water partition coefficient (Wildman–Crippen LogP) is 5.00. The maximum Gasteiger partial charge on any atom is 0.173 e. The Morgan fingerprint density at radius 3 is 2.24 bits per heavy atom. The van der Waals surface area contributed by atoms with E-state index in [1.807, 2.05) is 30.3 Å². The normalized spacial score (nSPS) is 16.9. The highest BCUT2D eigenvalue weighted by molar-refractivity contribution is 6.05. The Hall–Kier alpha value is -1.89. The van der Waals surface area contributed by atoms with Crippen LogP contribution >= 0.6 is 0 Å². The fourth-order valence-corrected chi connectivity index (χ4v) is 3.64. The summed E-state index contributed by atoms with van der Waals surface area (Å²) in [4.78, 5) is 13.3. The van der Waals surface area contributed by atoms with Gasteiger partial charge in [0.25, 0.3) is 0 Å². The summed E-state index contributed by atoms with van der Waals surface area (Å²) in [6.45, 7) is 4.15. The predicted molar refractivity (Wildman–Crippen MR) is 86.8 cm³/mol. The number of Topliss-reactive ketones (excluding diaryl/α,β-unsaturated/α-hetero) is 1. The third-order valence-corrected chi connectivity index (χ3v) is 5.07. The van der Waals surface area contributed by atoms with Gasteiger partial charge in [-0.05, 0) is 43.4 Å². The monoisotopic (exact) mass is 278 g/mol. The van der Waals surface area contributed by atoms with Gasteiger partial charge in [0.2, 0.25) is 0 Å². The van der Waals surface area contributed by atoms with Crippen molar-refractivity contribution < 1.29 is 4.79 Å². The number of aryl methyl sites for hydroxylation is 1. The molecule has 0 aromatic heterocycles. The highest BCUT2D eigenvalue weighted by Gasteiger charge is 2.43. The van der Waals surface area contributed by atoms with E-state index in [-0.39, 0.29) is 5.41 Å². The minimum atomic E-state index is -0.306. The van der Waals surface area contributed by atoms with Crippen molar-refractivity contribution in [1.29, 1.82) is 0 Å². The number of hydrogen-bond donors (Lipinski definition) is 0. The summed E-state index contributed by atoms with van der Waals surface area (Å²) in [7, 11) is 0. The van der Waals surface area contributed by atoms with Gasteiger partial charge < -0.3 is 0 Å². The average Bonchev–Trinajstić information content (AvgIpc) is 3.01. The van der Waals surface area contributed by atoms with Crippen LogP contribution in [0.15, 0.2) is 48.5 Å². The highest BCUT2D eigenvalue weighted by Crippen LogP contribution is 2.44. The van der Waals surface area contributed by atoms with Crippen LogP contribution < -0.4 is 0 Å². The van der Waals surface area contributed by atoms with Gasteiger partial charge in [0.15, 0.2) is 5.78 Å². The number of ketones is 1. The van der Waals surface area contributed by atoms with E-state index in [1.165, 1.54) is 11.1 Å². The van der Waals surface area contributed by atoms with Crippen molar-refractivity contribution in [3.63, 3.8) is 0 Å². The van der Waals surface area contributed by atoms with Crippen molar-refractivity contribution in [2.24, 2.45) is 0 Å². The maximum absolute atomic E-state index is 13.3. The molecule has 0 unspecified atom stereocenters. The summed E-state index contributed by atoms with van der Waals surface area (Å²) in [6, 6.07) is 16.4. The van der Waals surface area contributed by atoms with Gasteiger partial charge >= 0.3 is 0 Å². The van der Waals surface area contributed by atoms with E-state index in [0.717, 1.165) is 36.8 Å². The molecule has 1 aliphatic carbocycles. The van der Waals surface area contributed by atoms with Crippen molar-refractivity contribution in [3.8, 4) is 0 Å². The number of hydrogen-bond acceptors (Lipinski definition) is 1. The van der Waals surface area contributed by atoms with Crippen LogP contribution in [-0.4, -0.2) is 5.78 Å². The number of carbonyl (C=O) groups is 1. The molecule has 108 valence electrons. The van der Waals surface area contributed by atoms with Gasteiger partial charge in [0, 0.05) is 5.56 Å². The fourth-order valence-electron chi connectivity index (χ4n) is 3.64.